The van der Waals surface area contributed by atoms with Gasteiger partial charge in [-0.3, -0.25) is 0 Å². The van der Waals surface area contributed by atoms with Crippen LogP contribution >= 0.6 is 0 Å². The van der Waals surface area contributed by atoms with E-state index in [1.807, 2.05) is 18.2 Å². The van der Waals surface area contributed by atoms with Crippen LogP contribution < -0.4 is 5.73 Å². The summed E-state index contributed by atoms with van der Waals surface area (Å²) in [7, 11) is 2.17. The second kappa shape index (κ2) is 5.32. The van der Waals surface area contributed by atoms with Crippen LogP contribution in [0.1, 0.15) is 18.4 Å². The highest BCUT2D eigenvalue weighted by Gasteiger charge is 2.20. The lowest BCUT2D eigenvalue weighted by Gasteiger charge is -2.19. The van der Waals surface area contributed by atoms with Crippen molar-refractivity contribution in [1.82, 2.24) is 4.90 Å². The van der Waals surface area contributed by atoms with Crippen LogP contribution in [0.4, 0.5) is 5.69 Å². The first kappa shape index (κ1) is 11.4. The Bertz CT molecular complexity index is 340. The molecule has 16 heavy (non-hydrogen) atoms. The first-order valence-electron chi connectivity index (χ1n) is 5.88. The van der Waals surface area contributed by atoms with Gasteiger partial charge in [0.05, 0.1) is 13.2 Å². The van der Waals surface area contributed by atoms with Crippen LogP contribution in [0.25, 0.3) is 0 Å². The van der Waals surface area contributed by atoms with Crippen LogP contribution in [0.5, 0.6) is 0 Å². The number of benzene rings is 1. The van der Waals surface area contributed by atoms with Gasteiger partial charge in [0.2, 0.25) is 0 Å². The van der Waals surface area contributed by atoms with Crippen molar-refractivity contribution in [3.05, 3.63) is 29.8 Å². The summed E-state index contributed by atoms with van der Waals surface area (Å²) in [5.41, 5.74) is 7.67. The van der Waals surface area contributed by atoms with Gasteiger partial charge >= 0.3 is 0 Å². The maximum absolute atomic E-state index is 5.73. The molecule has 1 aromatic carbocycles. The second-order valence-corrected chi connectivity index (χ2v) is 4.54. The second-order valence-electron chi connectivity index (χ2n) is 4.54. The molecule has 0 radical (unpaired) electrons. The molecule has 1 aromatic rings. The van der Waals surface area contributed by atoms with Crippen molar-refractivity contribution in [1.29, 1.82) is 0 Å². The van der Waals surface area contributed by atoms with Gasteiger partial charge in [0.15, 0.2) is 0 Å². The van der Waals surface area contributed by atoms with Crippen LogP contribution in [0.2, 0.25) is 0 Å². The molecule has 0 amide bonds. The maximum atomic E-state index is 5.73. The summed E-state index contributed by atoms with van der Waals surface area (Å²) in [5, 5.41) is 0. The summed E-state index contributed by atoms with van der Waals surface area (Å²) in [6.45, 7) is 2.69. The summed E-state index contributed by atoms with van der Waals surface area (Å²) in [6.07, 6.45) is 2.55. The highest BCUT2D eigenvalue weighted by Crippen LogP contribution is 2.15. The van der Waals surface area contributed by atoms with Gasteiger partial charge in [-0.15, -0.1) is 0 Å². The number of ether oxygens (including phenoxy) is 1. The van der Waals surface area contributed by atoms with E-state index in [2.05, 4.69) is 18.0 Å². The fourth-order valence-corrected chi connectivity index (χ4v) is 2.19. The third-order valence-electron chi connectivity index (χ3n) is 3.20. The van der Waals surface area contributed by atoms with Crippen molar-refractivity contribution in [3.8, 4) is 0 Å². The van der Waals surface area contributed by atoms with Crippen molar-refractivity contribution < 1.29 is 4.74 Å². The average molecular weight is 220 g/mol. The van der Waals surface area contributed by atoms with Crippen LogP contribution in [0, 0.1) is 0 Å². The van der Waals surface area contributed by atoms with Gasteiger partial charge in [0.1, 0.15) is 0 Å². The molecule has 0 aliphatic carbocycles. The largest absolute Gasteiger partial charge is 0.399 e. The molecule has 1 atom stereocenters. The fourth-order valence-electron chi connectivity index (χ4n) is 2.19. The molecule has 0 saturated carbocycles. The van der Waals surface area contributed by atoms with E-state index in [1.165, 1.54) is 19.4 Å². The van der Waals surface area contributed by atoms with E-state index >= 15 is 0 Å². The summed E-state index contributed by atoms with van der Waals surface area (Å²) in [4.78, 5) is 2.37. The molecule has 3 heteroatoms. The van der Waals surface area contributed by atoms with Crippen LogP contribution in [0.15, 0.2) is 24.3 Å². The summed E-state index contributed by atoms with van der Waals surface area (Å²) >= 11 is 0. The monoisotopic (exact) mass is 220 g/mol. The zero-order chi connectivity index (χ0) is 11.4. The molecule has 88 valence electrons. The molecule has 0 spiro atoms. The standard InChI is InChI=1S/C13H20N2O/c1-15-7-3-6-13(15)10-16-9-11-4-2-5-12(14)8-11/h2,4-5,8,13H,3,6-7,9-10,14H2,1H3/t13-/m1/s1. The topological polar surface area (TPSA) is 38.5 Å². The van der Waals surface area contributed by atoms with E-state index in [9.17, 15) is 0 Å². The van der Waals surface area contributed by atoms with Crippen molar-refractivity contribution in [3.63, 3.8) is 0 Å². The normalized spacial score (nSPS) is 21.4. The molecule has 0 aromatic heterocycles. The Hall–Kier alpha value is -1.06. The van der Waals surface area contributed by atoms with E-state index in [0.29, 0.717) is 12.6 Å². The first-order valence-corrected chi connectivity index (χ1v) is 5.88. The van der Waals surface area contributed by atoms with Gasteiger partial charge in [-0.25, -0.2) is 0 Å². The highest BCUT2D eigenvalue weighted by atomic mass is 16.5. The lowest BCUT2D eigenvalue weighted by molar-refractivity contribution is 0.0749. The lowest BCUT2D eigenvalue weighted by atomic mass is 10.2. The molecule has 1 heterocycles. The lowest BCUT2D eigenvalue weighted by Crippen LogP contribution is -2.29. The molecule has 1 fully saturated rings. The number of nitrogens with zero attached hydrogens (tertiary/aromatic N) is 1. The minimum absolute atomic E-state index is 0.598. The molecule has 0 unspecified atom stereocenters. The van der Waals surface area contributed by atoms with Crippen LogP contribution in [-0.2, 0) is 11.3 Å². The maximum Gasteiger partial charge on any atom is 0.0718 e. The average Bonchev–Trinajstić information content (AvgIpc) is 2.65. The molecular formula is C13H20N2O. The Morgan fingerprint density at radius 2 is 2.38 bits per heavy atom. The summed E-state index contributed by atoms with van der Waals surface area (Å²) in [5.74, 6) is 0. The Morgan fingerprint density at radius 1 is 1.50 bits per heavy atom. The van der Waals surface area contributed by atoms with E-state index in [1.54, 1.807) is 0 Å². The van der Waals surface area contributed by atoms with Gasteiger partial charge < -0.3 is 15.4 Å². The quantitative estimate of drug-likeness (QED) is 0.787. The van der Waals surface area contributed by atoms with Gasteiger partial charge in [0, 0.05) is 11.7 Å². The SMILES string of the molecule is CN1CCC[C@@H]1COCc1cccc(N)c1. The number of nitrogen functional groups attached to an aromatic ring is 1. The zero-order valence-electron chi connectivity index (χ0n) is 9.86. The van der Waals surface area contributed by atoms with Gasteiger partial charge in [-0.2, -0.15) is 0 Å². The van der Waals surface area contributed by atoms with Crippen molar-refractivity contribution in [2.45, 2.75) is 25.5 Å². The van der Waals surface area contributed by atoms with E-state index in [-0.39, 0.29) is 0 Å². The minimum Gasteiger partial charge on any atom is -0.399 e. The Kier molecular flexibility index (Phi) is 3.80. The van der Waals surface area contributed by atoms with Crippen LogP contribution in [-0.4, -0.2) is 31.1 Å². The molecule has 2 rings (SSSR count). The third kappa shape index (κ3) is 2.97. The number of nitrogens with two attached hydrogens (primary N) is 1. The third-order valence-corrected chi connectivity index (χ3v) is 3.20. The first-order chi connectivity index (χ1) is 7.75. The number of likely N-dealkylation sites (N-methyl/N-ethyl adjacent to an activating group) is 1. The van der Waals surface area contributed by atoms with Gasteiger partial charge in [-0.05, 0) is 44.1 Å². The Labute approximate surface area is 97.2 Å². The number of rotatable bonds is 4. The van der Waals surface area contributed by atoms with Crippen molar-refractivity contribution in [2.24, 2.45) is 0 Å². The van der Waals surface area contributed by atoms with E-state index < -0.39 is 0 Å². The minimum atomic E-state index is 0.598. The molecule has 1 saturated heterocycles. The fraction of sp³-hybridized carbons (Fsp3) is 0.538. The van der Waals surface area contributed by atoms with E-state index in [0.717, 1.165) is 17.9 Å². The summed E-state index contributed by atoms with van der Waals surface area (Å²) < 4.78 is 5.73. The molecule has 2 N–H and O–H groups in total. The molecule has 1 aliphatic rings. The molecule has 1 aliphatic heterocycles. The van der Waals surface area contributed by atoms with Crippen molar-refractivity contribution >= 4 is 5.69 Å². The molecular weight excluding hydrogens is 200 g/mol. The Morgan fingerprint density at radius 3 is 3.06 bits per heavy atom. The molecule has 3 nitrogen and oxygen atoms in total. The number of hydrogen-bond acceptors (Lipinski definition) is 3. The number of anilines is 1. The summed E-state index contributed by atoms with van der Waals surface area (Å²) in [6, 6.07) is 8.48. The van der Waals surface area contributed by atoms with Crippen LogP contribution in [0.3, 0.4) is 0 Å². The van der Waals surface area contributed by atoms with E-state index in [4.69, 9.17) is 10.5 Å². The smallest absolute Gasteiger partial charge is 0.0718 e. The predicted molar refractivity (Wildman–Crippen MR) is 66.2 cm³/mol. The highest BCUT2D eigenvalue weighted by molar-refractivity contribution is 5.40. The van der Waals surface area contributed by atoms with Gasteiger partial charge in [-0.1, -0.05) is 12.1 Å². The predicted octanol–water partition coefficient (Wildman–Crippen LogP) is 1.88. The van der Waals surface area contributed by atoms with Gasteiger partial charge in [0.25, 0.3) is 0 Å². The number of likely N-dealkylation sites (tertiary alicyclic amines) is 1. The zero-order valence-corrected chi connectivity index (χ0v) is 9.86. The molecule has 0 bridgehead atoms. The van der Waals surface area contributed by atoms with Crippen molar-refractivity contribution in [2.75, 3.05) is 25.9 Å². The Balaban J connectivity index is 1.75. The number of hydrogen-bond donors (Lipinski definition) is 1.